The van der Waals surface area contributed by atoms with Crippen LogP contribution in [0.2, 0.25) is 0 Å². The molecule has 1 aromatic carbocycles. The van der Waals surface area contributed by atoms with Gasteiger partial charge in [-0.3, -0.25) is 0 Å². The maximum atomic E-state index is 5.82. The van der Waals surface area contributed by atoms with Gasteiger partial charge in [0.25, 0.3) is 0 Å². The molecule has 3 heteroatoms. The van der Waals surface area contributed by atoms with Crippen molar-refractivity contribution in [1.82, 2.24) is 4.98 Å². The van der Waals surface area contributed by atoms with Gasteiger partial charge in [0.05, 0.1) is 0 Å². The Hall–Kier alpha value is -0.800. The summed E-state index contributed by atoms with van der Waals surface area (Å²) in [6.45, 7) is 1.97. The van der Waals surface area contributed by atoms with Gasteiger partial charge < -0.3 is 10.7 Å². The lowest BCUT2D eigenvalue weighted by atomic mass is 10.2. The molecule has 0 radical (unpaired) electrons. The van der Waals surface area contributed by atoms with Crippen molar-refractivity contribution in [2.75, 3.05) is 0 Å². The van der Waals surface area contributed by atoms with Crippen LogP contribution < -0.4 is 5.73 Å². The highest BCUT2D eigenvalue weighted by Crippen LogP contribution is 2.30. The van der Waals surface area contributed by atoms with E-state index >= 15 is 0 Å². The largest absolute Gasteiger partial charge is 0.356 e. The van der Waals surface area contributed by atoms with Crippen LogP contribution >= 0.6 is 15.9 Å². The second kappa shape index (κ2) is 3.16. The Labute approximate surface area is 85.3 Å². The lowest BCUT2D eigenvalue weighted by molar-refractivity contribution is 0.788. The molecule has 0 fully saturated rings. The third-order valence-electron chi connectivity index (χ3n) is 2.12. The van der Waals surface area contributed by atoms with Gasteiger partial charge in [-0.25, -0.2) is 0 Å². The molecule has 13 heavy (non-hydrogen) atoms. The highest BCUT2D eigenvalue weighted by atomic mass is 79.9. The number of fused-ring (bicyclic) bond motifs is 1. The smallest absolute Gasteiger partial charge is 0.0477 e. The first-order valence-electron chi connectivity index (χ1n) is 4.22. The number of aromatic amines is 1. The minimum atomic E-state index is 0.0294. The number of nitrogens with one attached hydrogen (secondary N) is 1. The van der Waals surface area contributed by atoms with E-state index < -0.39 is 0 Å². The van der Waals surface area contributed by atoms with Crippen molar-refractivity contribution in [3.8, 4) is 0 Å². The lowest BCUT2D eigenvalue weighted by Gasteiger charge is -2.01. The molecule has 0 amide bonds. The number of rotatable bonds is 1. The van der Waals surface area contributed by atoms with Crippen molar-refractivity contribution in [2.45, 2.75) is 13.0 Å². The topological polar surface area (TPSA) is 41.8 Å². The van der Waals surface area contributed by atoms with Crippen molar-refractivity contribution >= 4 is 26.8 Å². The third kappa shape index (κ3) is 1.38. The fraction of sp³-hybridized carbons (Fsp3) is 0.200. The lowest BCUT2D eigenvalue weighted by Crippen LogP contribution is -2.05. The Balaban J connectivity index is 2.74. The van der Waals surface area contributed by atoms with Crippen molar-refractivity contribution < 1.29 is 0 Å². The minimum absolute atomic E-state index is 0.0294. The molecule has 2 aromatic rings. The molecule has 1 aromatic heterocycles. The van der Waals surface area contributed by atoms with E-state index in [1.54, 1.807) is 0 Å². The number of hydrogen-bond donors (Lipinski definition) is 2. The van der Waals surface area contributed by atoms with Crippen molar-refractivity contribution in [1.29, 1.82) is 0 Å². The van der Waals surface area contributed by atoms with Crippen LogP contribution in [-0.4, -0.2) is 4.98 Å². The number of aromatic nitrogens is 1. The number of halogens is 1. The van der Waals surface area contributed by atoms with Crippen LogP contribution in [0.4, 0.5) is 0 Å². The zero-order valence-electron chi connectivity index (χ0n) is 7.34. The Bertz CT molecular complexity index is 431. The molecular formula is C10H11BrN2. The van der Waals surface area contributed by atoms with Gasteiger partial charge in [-0.05, 0) is 28.9 Å². The quantitative estimate of drug-likeness (QED) is 0.789. The molecule has 0 saturated heterocycles. The SMILES string of the molecule is C[C@@H](N)c1[nH]c2ccccc2c1Br. The Morgan fingerprint density at radius 3 is 2.69 bits per heavy atom. The molecule has 3 N–H and O–H groups in total. The highest BCUT2D eigenvalue weighted by molar-refractivity contribution is 9.10. The average Bonchev–Trinajstić information content (AvgIpc) is 2.45. The van der Waals surface area contributed by atoms with Crippen LogP contribution in [0.15, 0.2) is 28.7 Å². The third-order valence-corrected chi connectivity index (χ3v) is 2.98. The molecule has 2 nitrogen and oxygen atoms in total. The molecule has 0 bridgehead atoms. The molecule has 68 valence electrons. The molecule has 1 atom stereocenters. The first-order chi connectivity index (χ1) is 6.20. The first kappa shape index (κ1) is 8.78. The van der Waals surface area contributed by atoms with E-state index in [4.69, 9.17) is 5.73 Å². The van der Waals surface area contributed by atoms with Crippen LogP contribution in [0.3, 0.4) is 0 Å². The van der Waals surface area contributed by atoms with Gasteiger partial charge in [0.1, 0.15) is 0 Å². The fourth-order valence-electron chi connectivity index (χ4n) is 1.44. The Morgan fingerprint density at radius 2 is 2.08 bits per heavy atom. The number of H-pyrrole nitrogens is 1. The average molecular weight is 239 g/mol. The van der Waals surface area contributed by atoms with Gasteiger partial charge in [-0.2, -0.15) is 0 Å². The zero-order valence-corrected chi connectivity index (χ0v) is 8.93. The monoisotopic (exact) mass is 238 g/mol. The summed E-state index contributed by atoms with van der Waals surface area (Å²) >= 11 is 3.54. The number of para-hydroxylation sites is 1. The van der Waals surface area contributed by atoms with E-state index in [0.717, 1.165) is 15.7 Å². The maximum Gasteiger partial charge on any atom is 0.0477 e. The summed E-state index contributed by atoms with van der Waals surface area (Å²) in [5.41, 5.74) is 8.00. The molecule has 1 heterocycles. The first-order valence-corrected chi connectivity index (χ1v) is 5.01. The van der Waals surface area contributed by atoms with Crippen molar-refractivity contribution in [2.24, 2.45) is 5.73 Å². The summed E-state index contributed by atoms with van der Waals surface area (Å²) in [6.07, 6.45) is 0. The summed E-state index contributed by atoms with van der Waals surface area (Å²) in [6, 6.07) is 8.18. The van der Waals surface area contributed by atoms with E-state index in [1.807, 2.05) is 25.1 Å². The summed E-state index contributed by atoms with van der Waals surface area (Å²) in [5, 5.41) is 1.19. The Kier molecular flexibility index (Phi) is 2.14. The van der Waals surface area contributed by atoms with E-state index in [2.05, 4.69) is 27.0 Å². The van der Waals surface area contributed by atoms with Crippen LogP contribution in [0.5, 0.6) is 0 Å². The number of hydrogen-bond acceptors (Lipinski definition) is 1. The highest BCUT2D eigenvalue weighted by Gasteiger charge is 2.10. The second-order valence-corrected chi connectivity index (χ2v) is 3.98. The van der Waals surface area contributed by atoms with E-state index in [0.29, 0.717) is 0 Å². The number of benzene rings is 1. The Morgan fingerprint density at radius 1 is 1.38 bits per heavy atom. The molecule has 0 aliphatic rings. The van der Waals surface area contributed by atoms with Crippen LogP contribution in [-0.2, 0) is 0 Å². The van der Waals surface area contributed by atoms with Gasteiger partial charge in [0, 0.05) is 27.1 Å². The standard InChI is InChI=1S/C10H11BrN2/c1-6(12)10-9(11)7-4-2-3-5-8(7)13-10/h2-6,13H,12H2,1H3/t6-/m1/s1. The van der Waals surface area contributed by atoms with Crippen molar-refractivity contribution in [3.05, 3.63) is 34.4 Å². The van der Waals surface area contributed by atoms with Gasteiger partial charge in [0.2, 0.25) is 0 Å². The zero-order chi connectivity index (χ0) is 9.42. The van der Waals surface area contributed by atoms with E-state index in [9.17, 15) is 0 Å². The predicted molar refractivity (Wildman–Crippen MR) is 58.6 cm³/mol. The summed E-state index contributed by atoms with van der Waals surface area (Å²) in [7, 11) is 0. The maximum absolute atomic E-state index is 5.82. The van der Waals surface area contributed by atoms with Gasteiger partial charge in [-0.1, -0.05) is 18.2 Å². The van der Waals surface area contributed by atoms with E-state index in [1.165, 1.54) is 5.39 Å². The number of nitrogens with two attached hydrogens (primary N) is 1. The van der Waals surface area contributed by atoms with Gasteiger partial charge >= 0.3 is 0 Å². The molecule has 0 aliphatic heterocycles. The van der Waals surface area contributed by atoms with Crippen molar-refractivity contribution in [3.63, 3.8) is 0 Å². The second-order valence-electron chi connectivity index (χ2n) is 3.19. The summed E-state index contributed by atoms with van der Waals surface area (Å²) in [5.74, 6) is 0. The molecule has 0 spiro atoms. The van der Waals surface area contributed by atoms with Crippen LogP contribution in [0.1, 0.15) is 18.7 Å². The molecule has 0 saturated carbocycles. The molecule has 0 unspecified atom stereocenters. The van der Waals surface area contributed by atoms with Crippen LogP contribution in [0.25, 0.3) is 10.9 Å². The van der Waals surface area contributed by atoms with Gasteiger partial charge in [0.15, 0.2) is 0 Å². The fourth-order valence-corrected chi connectivity index (χ4v) is 2.25. The van der Waals surface area contributed by atoms with Crippen LogP contribution in [0, 0.1) is 0 Å². The minimum Gasteiger partial charge on any atom is -0.356 e. The van der Waals surface area contributed by atoms with E-state index in [-0.39, 0.29) is 6.04 Å². The van der Waals surface area contributed by atoms with Gasteiger partial charge in [-0.15, -0.1) is 0 Å². The normalized spacial score (nSPS) is 13.5. The summed E-state index contributed by atoms with van der Waals surface area (Å²) in [4.78, 5) is 3.29. The predicted octanol–water partition coefficient (Wildman–Crippen LogP) is 2.95. The molecule has 2 rings (SSSR count). The summed E-state index contributed by atoms with van der Waals surface area (Å²) < 4.78 is 1.08. The molecule has 0 aliphatic carbocycles. The molecular weight excluding hydrogens is 228 g/mol.